The summed E-state index contributed by atoms with van der Waals surface area (Å²) >= 11 is 0. The maximum Gasteiger partial charge on any atom is 0.0572 e. The third-order valence-corrected chi connectivity index (χ3v) is 3.59. The molecule has 1 heterocycles. The van der Waals surface area contributed by atoms with Crippen molar-refractivity contribution in [1.82, 2.24) is 10.5 Å². The Bertz CT molecular complexity index is 544. The monoisotopic (exact) mass is 261 g/mol. The minimum atomic E-state index is 0.706. The zero-order valence-corrected chi connectivity index (χ0v) is 12.2. The summed E-state index contributed by atoms with van der Waals surface area (Å²) in [5.74, 6) is 0. The Labute approximate surface area is 114 Å². The van der Waals surface area contributed by atoms with Gasteiger partial charge in [0, 0.05) is 42.4 Å². The molecule has 4 heteroatoms. The van der Waals surface area contributed by atoms with Gasteiger partial charge in [-0.3, -0.25) is 0 Å². The van der Waals surface area contributed by atoms with E-state index in [1.54, 1.807) is 7.11 Å². The topological polar surface area (TPSA) is 40.3 Å². The molecule has 104 valence electrons. The Kier molecular flexibility index (Phi) is 4.45. The lowest BCUT2D eigenvalue weighted by molar-refractivity contribution is 0.0870. The van der Waals surface area contributed by atoms with Crippen molar-refractivity contribution < 1.29 is 4.84 Å². The Morgan fingerprint density at radius 2 is 2.00 bits per heavy atom. The molecule has 0 saturated carbocycles. The molecule has 0 radical (unpaired) electrons. The van der Waals surface area contributed by atoms with Crippen molar-refractivity contribution in [2.24, 2.45) is 0 Å². The predicted molar refractivity (Wildman–Crippen MR) is 80.4 cm³/mol. The number of benzene rings is 1. The van der Waals surface area contributed by atoms with Crippen LogP contribution in [0, 0.1) is 6.92 Å². The van der Waals surface area contributed by atoms with Gasteiger partial charge >= 0.3 is 0 Å². The van der Waals surface area contributed by atoms with Crippen LogP contribution in [-0.2, 0) is 11.4 Å². The van der Waals surface area contributed by atoms with Crippen molar-refractivity contribution >= 4 is 16.6 Å². The molecule has 0 aliphatic heterocycles. The summed E-state index contributed by atoms with van der Waals surface area (Å²) in [5.41, 5.74) is 7.91. The zero-order valence-electron chi connectivity index (χ0n) is 12.2. The third kappa shape index (κ3) is 2.74. The van der Waals surface area contributed by atoms with Crippen LogP contribution >= 0.6 is 0 Å². The SMILES string of the molecule is CCN(CC)c1cc(C)c2[nH]cc(CNOC)c2c1. The van der Waals surface area contributed by atoms with Crippen LogP contribution in [0.4, 0.5) is 5.69 Å². The molecule has 0 atom stereocenters. The molecule has 0 fully saturated rings. The highest BCUT2D eigenvalue weighted by atomic mass is 16.6. The van der Waals surface area contributed by atoms with Gasteiger partial charge in [-0.2, -0.15) is 5.48 Å². The van der Waals surface area contributed by atoms with Crippen LogP contribution in [0.1, 0.15) is 25.0 Å². The van der Waals surface area contributed by atoms with Crippen molar-refractivity contribution in [3.05, 3.63) is 29.5 Å². The van der Waals surface area contributed by atoms with Crippen LogP contribution in [0.25, 0.3) is 10.9 Å². The van der Waals surface area contributed by atoms with Crippen LogP contribution < -0.4 is 10.4 Å². The summed E-state index contributed by atoms with van der Waals surface area (Å²) in [4.78, 5) is 10.7. The molecule has 19 heavy (non-hydrogen) atoms. The number of nitrogens with one attached hydrogen (secondary N) is 2. The Balaban J connectivity index is 2.46. The number of hydroxylamine groups is 1. The lowest BCUT2D eigenvalue weighted by Crippen LogP contribution is -2.21. The largest absolute Gasteiger partial charge is 0.372 e. The van der Waals surface area contributed by atoms with E-state index in [4.69, 9.17) is 4.84 Å². The first-order valence-electron chi connectivity index (χ1n) is 6.82. The van der Waals surface area contributed by atoms with E-state index in [2.05, 4.69) is 54.5 Å². The molecule has 0 saturated heterocycles. The summed E-state index contributed by atoms with van der Waals surface area (Å²) in [6.45, 7) is 9.28. The quantitative estimate of drug-likeness (QED) is 0.785. The van der Waals surface area contributed by atoms with E-state index in [9.17, 15) is 0 Å². The molecule has 2 aromatic rings. The number of hydrogen-bond acceptors (Lipinski definition) is 3. The van der Waals surface area contributed by atoms with Crippen molar-refractivity contribution in [3.8, 4) is 0 Å². The van der Waals surface area contributed by atoms with E-state index in [0.29, 0.717) is 6.54 Å². The second-order valence-corrected chi connectivity index (χ2v) is 4.70. The van der Waals surface area contributed by atoms with Gasteiger partial charge in [0.2, 0.25) is 0 Å². The van der Waals surface area contributed by atoms with Crippen LogP contribution in [0.15, 0.2) is 18.3 Å². The molecule has 0 bridgehead atoms. The second kappa shape index (κ2) is 6.08. The highest BCUT2D eigenvalue weighted by molar-refractivity contribution is 5.89. The molecule has 0 aliphatic rings. The van der Waals surface area contributed by atoms with Crippen LogP contribution in [0.5, 0.6) is 0 Å². The van der Waals surface area contributed by atoms with Gasteiger partial charge < -0.3 is 14.7 Å². The number of fused-ring (bicyclic) bond motifs is 1. The van der Waals surface area contributed by atoms with Crippen molar-refractivity contribution in [1.29, 1.82) is 0 Å². The zero-order chi connectivity index (χ0) is 13.8. The molecular weight excluding hydrogens is 238 g/mol. The Hall–Kier alpha value is -1.52. The maximum atomic E-state index is 4.94. The number of rotatable bonds is 6. The third-order valence-electron chi connectivity index (χ3n) is 3.59. The van der Waals surface area contributed by atoms with E-state index < -0.39 is 0 Å². The standard InChI is InChI=1S/C15H23N3O/c1-5-18(6-2)13-7-11(3)15-14(8-13)12(9-16-15)10-17-19-4/h7-9,16-17H,5-6,10H2,1-4H3. The van der Waals surface area contributed by atoms with E-state index >= 15 is 0 Å². The molecule has 2 rings (SSSR count). The number of aromatic amines is 1. The molecule has 0 spiro atoms. The van der Waals surface area contributed by atoms with E-state index in [1.165, 1.54) is 27.7 Å². The van der Waals surface area contributed by atoms with Crippen LogP contribution in [0.2, 0.25) is 0 Å². The maximum absolute atomic E-state index is 4.94. The van der Waals surface area contributed by atoms with Gasteiger partial charge in [-0.15, -0.1) is 0 Å². The normalized spacial score (nSPS) is 11.2. The summed E-state index contributed by atoms with van der Waals surface area (Å²) in [7, 11) is 1.64. The van der Waals surface area contributed by atoms with Gasteiger partial charge in [0.1, 0.15) is 0 Å². The number of nitrogens with zero attached hydrogens (tertiary/aromatic N) is 1. The fourth-order valence-electron chi connectivity index (χ4n) is 2.52. The minimum Gasteiger partial charge on any atom is -0.372 e. The average molecular weight is 261 g/mol. The number of H-pyrrole nitrogens is 1. The van der Waals surface area contributed by atoms with Gasteiger partial charge in [-0.05, 0) is 44.0 Å². The smallest absolute Gasteiger partial charge is 0.0572 e. The average Bonchev–Trinajstić information content (AvgIpc) is 2.81. The first kappa shape index (κ1) is 13.9. The lowest BCUT2D eigenvalue weighted by Gasteiger charge is -2.22. The highest BCUT2D eigenvalue weighted by Crippen LogP contribution is 2.28. The van der Waals surface area contributed by atoms with Crippen LogP contribution in [0.3, 0.4) is 0 Å². The number of hydrogen-bond donors (Lipinski definition) is 2. The van der Waals surface area contributed by atoms with Gasteiger partial charge in [0.15, 0.2) is 0 Å². The number of aromatic nitrogens is 1. The van der Waals surface area contributed by atoms with Crippen molar-refractivity contribution in [2.45, 2.75) is 27.3 Å². The fraction of sp³-hybridized carbons (Fsp3) is 0.467. The lowest BCUT2D eigenvalue weighted by atomic mass is 10.1. The first-order chi connectivity index (χ1) is 9.21. The van der Waals surface area contributed by atoms with Gasteiger partial charge in [-0.25, -0.2) is 0 Å². The molecule has 0 unspecified atom stereocenters. The fourth-order valence-corrected chi connectivity index (χ4v) is 2.52. The number of anilines is 1. The Morgan fingerprint density at radius 1 is 1.26 bits per heavy atom. The van der Waals surface area contributed by atoms with Gasteiger partial charge in [0.05, 0.1) is 7.11 Å². The Morgan fingerprint density at radius 3 is 2.63 bits per heavy atom. The summed E-state index contributed by atoms with van der Waals surface area (Å²) in [6.07, 6.45) is 2.05. The second-order valence-electron chi connectivity index (χ2n) is 4.70. The summed E-state index contributed by atoms with van der Waals surface area (Å²) < 4.78 is 0. The van der Waals surface area contributed by atoms with Gasteiger partial charge in [0.25, 0.3) is 0 Å². The van der Waals surface area contributed by atoms with Crippen molar-refractivity contribution in [2.75, 3.05) is 25.1 Å². The van der Waals surface area contributed by atoms with Gasteiger partial charge in [-0.1, -0.05) is 0 Å². The van der Waals surface area contributed by atoms with E-state index in [1.807, 2.05) is 0 Å². The predicted octanol–water partition coefficient (Wildman–Crippen LogP) is 2.97. The first-order valence-corrected chi connectivity index (χ1v) is 6.82. The van der Waals surface area contributed by atoms with Crippen molar-refractivity contribution in [3.63, 3.8) is 0 Å². The molecule has 1 aromatic heterocycles. The molecule has 1 aromatic carbocycles. The van der Waals surface area contributed by atoms with E-state index in [-0.39, 0.29) is 0 Å². The molecule has 4 nitrogen and oxygen atoms in total. The minimum absolute atomic E-state index is 0.706. The molecule has 0 aliphatic carbocycles. The molecule has 0 amide bonds. The summed E-state index contributed by atoms with van der Waals surface area (Å²) in [5, 5.41) is 1.27. The highest BCUT2D eigenvalue weighted by Gasteiger charge is 2.10. The van der Waals surface area contributed by atoms with E-state index in [0.717, 1.165) is 13.1 Å². The van der Waals surface area contributed by atoms with Crippen LogP contribution in [-0.4, -0.2) is 25.2 Å². The molecular formula is C15H23N3O. The molecule has 2 N–H and O–H groups in total. The summed E-state index contributed by atoms with van der Waals surface area (Å²) in [6, 6.07) is 4.51. The number of aryl methyl sites for hydroxylation is 1.